The van der Waals surface area contributed by atoms with E-state index in [4.69, 9.17) is 9.84 Å². The Morgan fingerprint density at radius 2 is 1.74 bits per heavy atom. The molecule has 112 valence electrons. The average molecular weight is 274 g/mol. The summed E-state index contributed by atoms with van der Waals surface area (Å²) in [6.45, 7) is 9.99. The Morgan fingerprint density at radius 1 is 1.21 bits per heavy atom. The quantitative estimate of drug-likeness (QED) is 0.686. The molecule has 1 unspecified atom stereocenters. The summed E-state index contributed by atoms with van der Waals surface area (Å²) >= 11 is 0. The number of rotatable bonds is 6. The number of carbonyl (C=O) groups excluding carboxylic acids is 1. The standard InChI is InChI=1S/C13H26N2O4/c1-12(2,3)8-13(4,5)15-11(18)14-9(7-19-6)10(16)17/h9H,7-8H2,1-6H3,(H,16,17)(H2,14,15,18). The fourth-order valence-electron chi connectivity index (χ4n) is 2.21. The van der Waals surface area contributed by atoms with Gasteiger partial charge in [-0.05, 0) is 25.7 Å². The zero-order valence-electron chi connectivity index (χ0n) is 12.7. The lowest BCUT2D eigenvalue weighted by Crippen LogP contribution is -2.54. The summed E-state index contributed by atoms with van der Waals surface area (Å²) in [6.07, 6.45) is 0.773. The van der Waals surface area contributed by atoms with E-state index in [0.717, 1.165) is 6.42 Å². The van der Waals surface area contributed by atoms with Crippen molar-refractivity contribution in [1.29, 1.82) is 0 Å². The summed E-state index contributed by atoms with van der Waals surface area (Å²) < 4.78 is 4.75. The number of carboxylic acid groups (broad SMARTS) is 1. The molecule has 0 aromatic rings. The summed E-state index contributed by atoms with van der Waals surface area (Å²) in [5.41, 5.74) is -0.353. The summed E-state index contributed by atoms with van der Waals surface area (Å²) in [7, 11) is 1.39. The van der Waals surface area contributed by atoms with E-state index in [-0.39, 0.29) is 12.0 Å². The van der Waals surface area contributed by atoms with Gasteiger partial charge in [0.2, 0.25) is 0 Å². The fourth-order valence-corrected chi connectivity index (χ4v) is 2.21. The summed E-state index contributed by atoms with van der Waals surface area (Å²) in [6, 6.07) is -1.55. The Morgan fingerprint density at radius 3 is 2.11 bits per heavy atom. The van der Waals surface area contributed by atoms with Gasteiger partial charge in [0.15, 0.2) is 6.04 Å². The second-order valence-electron chi connectivity index (χ2n) is 6.57. The lowest BCUT2D eigenvalue weighted by atomic mass is 9.82. The number of methoxy groups -OCH3 is 1. The average Bonchev–Trinajstić information content (AvgIpc) is 2.11. The Labute approximate surface area is 114 Å². The second-order valence-corrected chi connectivity index (χ2v) is 6.57. The van der Waals surface area contributed by atoms with Crippen molar-refractivity contribution in [3.05, 3.63) is 0 Å². The highest BCUT2D eigenvalue weighted by molar-refractivity contribution is 5.82. The number of carbonyl (C=O) groups is 2. The molecule has 6 heteroatoms. The van der Waals surface area contributed by atoms with Crippen LogP contribution in [0, 0.1) is 5.41 Å². The van der Waals surface area contributed by atoms with Gasteiger partial charge in [0.25, 0.3) is 0 Å². The van der Waals surface area contributed by atoms with Gasteiger partial charge in [0.1, 0.15) is 0 Å². The number of hydrogen-bond acceptors (Lipinski definition) is 3. The van der Waals surface area contributed by atoms with Crippen LogP contribution >= 0.6 is 0 Å². The molecule has 0 rings (SSSR count). The molecule has 0 saturated heterocycles. The number of ether oxygens (including phenoxy) is 1. The Balaban J connectivity index is 4.47. The minimum atomic E-state index is -1.12. The summed E-state index contributed by atoms with van der Waals surface area (Å²) in [5.74, 6) is -1.12. The van der Waals surface area contributed by atoms with Crippen LogP contribution in [0.5, 0.6) is 0 Å². The van der Waals surface area contributed by atoms with E-state index in [1.165, 1.54) is 7.11 Å². The number of urea groups is 1. The van der Waals surface area contributed by atoms with Crippen LogP contribution in [0.15, 0.2) is 0 Å². The first-order valence-electron chi connectivity index (χ1n) is 6.27. The molecular formula is C13H26N2O4. The fraction of sp³-hybridized carbons (Fsp3) is 0.846. The van der Waals surface area contributed by atoms with Crippen molar-refractivity contribution in [2.45, 2.75) is 52.6 Å². The van der Waals surface area contributed by atoms with E-state index in [2.05, 4.69) is 31.4 Å². The molecule has 0 aliphatic rings. The van der Waals surface area contributed by atoms with E-state index >= 15 is 0 Å². The molecule has 0 fully saturated rings. The Bertz CT molecular complexity index is 321. The van der Waals surface area contributed by atoms with E-state index in [1.54, 1.807) is 0 Å². The first-order chi connectivity index (χ1) is 8.47. The number of aliphatic carboxylic acids is 1. The predicted octanol–water partition coefficient (Wildman–Crippen LogP) is 1.60. The summed E-state index contributed by atoms with van der Waals surface area (Å²) in [5, 5.41) is 14.1. The number of carboxylic acids is 1. The van der Waals surface area contributed by atoms with E-state index in [0.29, 0.717) is 0 Å². The van der Waals surface area contributed by atoms with Crippen LogP contribution < -0.4 is 10.6 Å². The molecule has 0 aromatic heterocycles. The third-order valence-electron chi connectivity index (χ3n) is 2.36. The molecule has 0 aliphatic heterocycles. The minimum Gasteiger partial charge on any atom is -0.480 e. The van der Waals surface area contributed by atoms with E-state index in [1.807, 2.05) is 13.8 Å². The van der Waals surface area contributed by atoms with Gasteiger partial charge in [-0.15, -0.1) is 0 Å². The molecule has 2 amide bonds. The highest BCUT2D eigenvalue weighted by atomic mass is 16.5. The molecule has 0 aromatic carbocycles. The maximum absolute atomic E-state index is 11.8. The smallest absolute Gasteiger partial charge is 0.328 e. The van der Waals surface area contributed by atoms with Crippen LogP contribution in [0.2, 0.25) is 0 Å². The number of amides is 2. The van der Waals surface area contributed by atoms with Crippen molar-refractivity contribution in [3.8, 4) is 0 Å². The predicted molar refractivity (Wildman–Crippen MR) is 73.1 cm³/mol. The lowest BCUT2D eigenvalue weighted by Gasteiger charge is -2.33. The topological polar surface area (TPSA) is 87.7 Å². The van der Waals surface area contributed by atoms with Crippen LogP contribution in [0.1, 0.15) is 41.0 Å². The van der Waals surface area contributed by atoms with Crippen LogP contribution in [0.3, 0.4) is 0 Å². The monoisotopic (exact) mass is 274 g/mol. The highest BCUT2D eigenvalue weighted by Gasteiger charge is 2.28. The maximum atomic E-state index is 11.8. The number of nitrogens with one attached hydrogen (secondary N) is 2. The zero-order valence-corrected chi connectivity index (χ0v) is 12.7. The zero-order chi connectivity index (χ0) is 15.3. The van der Waals surface area contributed by atoms with E-state index < -0.39 is 23.6 Å². The van der Waals surface area contributed by atoms with Gasteiger partial charge in [0.05, 0.1) is 6.61 Å². The number of hydrogen-bond donors (Lipinski definition) is 3. The van der Waals surface area contributed by atoms with Crippen molar-refractivity contribution in [3.63, 3.8) is 0 Å². The van der Waals surface area contributed by atoms with Gasteiger partial charge >= 0.3 is 12.0 Å². The lowest BCUT2D eigenvalue weighted by molar-refractivity contribution is -0.140. The van der Waals surface area contributed by atoms with Gasteiger partial charge in [-0.2, -0.15) is 0 Å². The van der Waals surface area contributed by atoms with Crippen LogP contribution in [-0.2, 0) is 9.53 Å². The first kappa shape index (κ1) is 17.7. The van der Waals surface area contributed by atoms with Crippen molar-refractivity contribution >= 4 is 12.0 Å². The van der Waals surface area contributed by atoms with Crippen molar-refractivity contribution < 1.29 is 19.4 Å². The SMILES string of the molecule is COCC(NC(=O)NC(C)(C)CC(C)(C)C)C(=O)O. The molecule has 0 radical (unpaired) electrons. The largest absolute Gasteiger partial charge is 0.480 e. The van der Waals surface area contributed by atoms with Crippen molar-refractivity contribution in [1.82, 2.24) is 10.6 Å². The van der Waals surface area contributed by atoms with Gasteiger partial charge in [0, 0.05) is 12.6 Å². The second kappa shape index (κ2) is 6.75. The molecule has 0 saturated carbocycles. The highest BCUT2D eigenvalue weighted by Crippen LogP contribution is 2.26. The van der Waals surface area contributed by atoms with Crippen LogP contribution in [-0.4, -0.2) is 42.4 Å². The molecule has 0 heterocycles. The van der Waals surface area contributed by atoms with Crippen molar-refractivity contribution in [2.24, 2.45) is 5.41 Å². The van der Waals surface area contributed by atoms with Gasteiger partial charge < -0.3 is 20.5 Å². The Kier molecular flexibility index (Phi) is 6.29. The maximum Gasteiger partial charge on any atom is 0.328 e. The van der Waals surface area contributed by atoms with Gasteiger partial charge in [-0.25, -0.2) is 9.59 Å². The molecular weight excluding hydrogens is 248 g/mol. The van der Waals surface area contributed by atoms with E-state index in [9.17, 15) is 9.59 Å². The molecule has 0 bridgehead atoms. The third-order valence-corrected chi connectivity index (χ3v) is 2.36. The first-order valence-corrected chi connectivity index (χ1v) is 6.27. The van der Waals surface area contributed by atoms with Crippen LogP contribution in [0.25, 0.3) is 0 Å². The van der Waals surface area contributed by atoms with Crippen molar-refractivity contribution in [2.75, 3.05) is 13.7 Å². The molecule has 1 atom stereocenters. The van der Waals surface area contributed by atoms with Gasteiger partial charge in [-0.1, -0.05) is 20.8 Å². The minimum absolute atomic E-state index is 0.0650. The normalized spacial score (nSPS) is 13.8. The molecule has 6 nitrogen and oxygen atoms in total. The molecule has 0 spiro atoms. The third kappa shape index (κ3) is 8.42. The molecule has 3 N–H and O–H groups in total. The summed E-state index contributed by atoms with van der Waals surface area (Å²) in [4.78, 5) is 22.7. The van der Waals surface area contributed by atoms with Gasteiger partial charge in [-0.3, -0.25) is 0 Å². The molecule has 0 aliphatic carbocycles. The van der Waals surface area contributed by atoms with Crippen LogP contribution in [0.4, 0.5) is 4.79 Å². The Hall–Kier alpha value is -1.30. The molecule has 19 heavy (non-hydrogen) atoms.